The highest BCUT2D eigenvalue weighted by Gasteiger charge is 2.30. The molecule has 0 aliphatic heterocycles. The van der Waals surface area contributed by atoms with E-state index in [-0.39, 0.29) is 28.1 Å². The third-order valence-electron chi connectivity index (χ3n) is 4.90. The van der Waals surface area contributed by atoms with Gasteiger partial charge in [-0.15, -0.1) is 0 Å². The molecule has 0 saturated heterocycles. The number of aromatic hydroxyl groups is 2. The van der Waals surface area contributed by atoms with E-state index in [2.05, 4.69) is 60.8 Å². The van der Waals surface area contributed by atoms with E-state index in [4.69, 9.17) is 4.74 Å². The third kappa shape index (κ3) is 4.59. The van der Waals surface area contributed by atoms with Crippen molar-refractivity contribution in [3.05, 3.63) is 27.6 Å². The predicted molar refractivity (Wildman–Crippen MR) is 107 cm³/mol. The summed E-state index contributed by atoms with van der Waals surface area (Å²) in [4.78, 5) is 0. The Morgan fingerprint density at radius 3 is 2.08 bits per heavy atom. The molecular formula is C22H34O3. The lowest BCUT2D eigenvalue weighted by Crippen LogP contribution is -2.31. The van der Waals surface area contributed by atoms with E-state index in [0.717, 1.165) is 19.3 Å². The Morgan fingerprint density at radius 2 is 1.64 bits per heavy atom. The Balaban J connectivity index is 3.43. The summed E-state index contributed by atoms with van der Waals surface area (Å²) in [6.45, 7) is 20.8. The Bertz CT molecular complexity index is 753. The van der Waals surface area contributed by atoms with Crippen molar-refractivity contribution in [1.82, 2.24) is 0 Å². The molecule has 0 spiro atoms. The summed E-state index contributed by atoms with van der Waals surface area (Å²) in [6, 6.07) is 0. The van der Waals surface area contributed by atoms with Crippen molar-refractivity contribution in [2.75, 3.05) is 7.11 Å². The molecule has 3 nitrogen and oxygen atoms in total. The predicted octanol–water partition coefficient (Wildman–Crippen LogP) is 4.37. The Labute approximate surface area is 152 Å². The summed E-state index contributed by atoms with van der Waals surface area (Å²) < 4.78 is 5.17. The van der Waals surface area contributed by atoms with Gasteiger partial charge in [0.05, 0.1) is 12.3 Å². The second kappa shape index (κ2) is 7.55. The van der Waals surface area contributed by atoms with Crippen LogP contribution in [0.25, 0.3) is 13.2 Å². The van der Waals surface area contributed by atoms with Crippen LogP contribution in [0.1, 0.15) is 66.4 Å². The molecule has 25 heavy (non-hydrogen) atoms. The first-order chi connectivity index (χ1) is 11.4. The van der Waals surface area contributed by atoms with Crippen molar-refractivity contribution >= 4 is 13.2 Å². The number of ether oxygens (including phenoxy) is 1. The molecule has 0 aromatic heterocycles. The van der Waals surface area contributed by atoms with Crippen LogP contribution in [-0.4, -0.2) is 17.3 Å². The van der Waals surface area contributed by atoms with Gasteiger partial charge in [0.25, 0.3) is 0 Å². The first-order valence-corrected chi connectivity index (χ1v) is 8.83. The summed E-state index contributed by atoms with van der Waals surface area (Å²) in [5.74, 6) is 0.199. The van der Waals surface area contributed by atoms with Crippen LogP contribution in [0.2, 0.25) is 0 Å². The topological polar surface area (TPSA) is 49.7 Å². The lowest BCUT2D eigenvalue weighted by Gasteiger charge is -2.30. The monoisotopic (exact) mass is 346 g/mol. The molecule has 3 heteroatoms. The highest BCUT2D eigenvalue weighted by Crippen LogP contribution is 2.37. The van der Waals surface area contributed by atoms with Gasteiger partial charge in [-0.1, -0.05) is 59.4 Å². The third-order valence-corrected chi connectivity index (χ3v) is 4.90. The molecule has 2 N–H and O–H groups in total. The van der Waals surface area contributed by atoms with E-state index in [9.17, 15) is 10.2 Å². The summed E-state index contributed by atoms with van der Waals surface area (Å²) in [6.07, 6.45) is 4.81. The van der Waals surface area contributed by atoms with Crippen molar-refractivity contribution < 1.29 is 14.9 Å². The number of allylic oxidation sites excluding steroid dienone is 2. The van der Waals surface area contributed by atoms with Gasteiger partial charge >= 0.3 is 0 Å². The Hall–Kier alpha value is -1.90. The molecule has 0 heterocycles. The van der Waals surface area contributed by atoms with Gasteiger partial charge in [0.1, 0.15) is 5.75 Å². The molecule has 0 bridgehead atoms. The zero-order valence-corrected chi connectivity index (χ0v) is 16.9. The van der Waals surface area contributed by atoms with Crippen LogP contribution < -0.4 is 15.2 Å². The number of phenols is 2. The fourth-order valence-electron chi connectivity index (χ4n) is 3.40. The van der Waals surface area contributed by atoms with E-state index in [1.165, 1.54) is 12.7 Å². The van der Waals surface area contributed by atoms with E-state index in [0.29, 0.717) is 16.0 Å². The lowest BCUT2D eigenvalue weighted by atomic mass is 9.74. The van der Waals surface area contributed by atoms with Gasteiger partial charge in [0, 0.05) is 16.2 Å². The van der Waals surface area contributed by atoms with Crippen LogP contribution in [-0.2, 0) is 5.41 Å². The molecule has 1 rings (SSSR count). The maximum Gasteiger partial charge on any atom is 0.171 e. The van der Waals surface area contributed by atoms with Crippen molar-refractivity contribution in [2.24, 2.45) is 5.41 Å². The highest BCUT2D eigenvalue weighted by atomic mass is 16.5. The van der Waals surface area contributed by atoms with E-state index in [1.54, 1.807) is 0 Å². The average Bonchev–Trinajstić information content (AvgIpc) is 2.50. The molecule has 1 unspecified atom stereocenters. The summed E-state index contributed by atoms with van der Waals surface area (Å²) in [5.41, 5.74) is 1.86. The minimum atomic E-state index is -0.351. The van der Waals surface area contributed by atoms with Gasteiger partial charge in [-0.25, -0.2) is 0 Å². The number of methoxy groups -OCH3 is 1. The van der Waals surface area contributed by atoms with Crippen LogP contribution in [0.5, 0.6) is 17.2 Å². The maximum absolute atomic E-state index is 10.7. The zero-order chi connectivity index (χ0) is 19.6. The minimum absolute atomic E-state index is 0.0460. The molecule has 0 radical (unpaired) electrons. The second-order valence-electron chi connectivity index (χ2n) is 8.47. The number of benzene rings is 1. The molecule has 0 amide bonds. The van der Waals surface area contributed by atoms with Gasteiger partial charge in [-0.2, -0.15) is 0 Å². The molecule has 1 atom stereocenters. The van der Waals surface area contributed by atoms with Gasteiger partial charge in [0.15, 0.2) is 11.5 Å². The quantitative estimate of drug-likeness (QED) is 0.594. The fraction of sp³-hybridized carbons (Fsp3) is 0.545. The van der Waals surface area contributed by atoms with Crippen LogP contribution in [0, 0.1) is 5.41 Å². The summed E-state index contributed by atoms with van der Waals surface area (Å²) in [5, 5.41) is 21.9. The van der Waals surface area contributed by atoms with Crippen molar-refractivity contribution in [2.45, 2.75) is 66.2 Å². The standard InChI is InChI=1S/C22H34O3/c1-10-22(8,12-11-14(2)13-21(5,6)7)17-15(3)19(24)20(25-9)16(4)18(17)23/h11,23-24H,3-4,10,12-13H2,1-2,5-9H3. The molecular weight excluding hydrogens is 312 g/mol. The van der Waals surface area contributed by atoms with Gasteiger partial charge in [-0.05, 0) is 31.6 Å². The summed E-state index contributed by atoms with van der Waals surface area (Å²) in [7, 11) is 1.44. The first-order valence-electron chi connectivity index (χ1n) is 8.83. The van der Waals surface area contributed by atoms with Crippen molar-refractivity contribution in [3.63, 3.8) is 0 Å². The maximum atomic E-state index is 10.7. The van der Waals surface area contributed by atoms with Gasteiger partial charge in [-0.3, -0.25) is 0 Å². The zero-order valence-electron chi connectivity index (χ0n) is 16.9. The Kier molecular flexibility index (Phi) is 6.39. The van der Waals surface area contributed by atoms with Crippen LogP contribution in [0.4, 0.5) is 0 Å². The van der Waals surface area contributed by atoms with Gasteiger partial charge < -0.3 is 14.9 Å². The second-order valence-corrected chi connectivity index (χ2v) is 8.47. The average molecular weight is 347 g/mol. The Morgan fingerprint density at radius 1 is 1.08 bits per heavy atom. The van der Waals surface area contributed by atoms with E-state index >= 15 is 0 Å². The smallest absolute Gasteiger partial charge is 0.171 e. The number of rotatable bonds is 6. The van der Waals surface area contributed by atoms with E-state index in [1.807, 2.05) is 0 Å². The molecule has 1 aromatic carbocycles. The minimum Gasteiger partial charge on any atom is -0.507 e. The molecule has 0 fully saturated rings. The largest absolute Gasteiger partial charge is 0.507 e. The van der Waals surface area contributed by atoms with Crippen LogP contribution >= 0.6 is 0 Å². The fourth-order valence-corrected chi connectivity index (χ4v) is 3.40. The van der Waals surface area contributed by atoms with Crippen molar-refractivity contribution in [3.8, 4) is 17.2 Å². The number of hydrogen-bond acceptors (Lipinski definition) is 3. The molecule has 0 saturated carbocycles. The molecule has 0 aliphatic rings. The SMILES string of the molecule is C=c1c(O)c(C(C)(CC)CC=C(C)CC(C)(C)C)c(=C)c(O)c1OC. The van der Waals surface area contributed by atoms with E-state index < -0.39 is 0 Å². The molecule has 1 aromatic rings. The highest BCUT2D eigenvalue weighted by molar-refractivity contribution is 5.56. The van der Waals surface area contributed by atoms with Gasteiger partial charge in [0.2, 0.25) is 0 Å². The molecule has 140 valence electrons. The van der Waals surface area contributed by atoms with Crippen molar-refractivity contribution in [1.29, 1.82) is 0 Å². The first kappa shape index (κ1) is 21.1. The number of phenolic OH excluding ortho intramolecular Hbond substituents is 2. The van der Waals surface area contributed by atoms with Crippen LogP contribution in [0.15, 0.2) is 11.6 Å². The number of hydrogen-bond donors (Lipinski definition) is 2. The van der Waals surface area contributed by atoms with Crippen LogP contribution in [0.3, 0.4) is 0 Å². The summed E-state index contributed by atoms with van der Waals surface area (Å²) >= 11 is 0. The lowest BCUT2D eigenvalue weighted by molar-refractivity contribution is 0.351. The molecule has 0 aliphatic carbocycles. The normalized spacial score (nSPS) is 15.1.